The van der Waals surface area contributed by atoms with E-state index < -0.39 is 0 Å². The van der Waals surface area contributed by atoms with E-state index in [0.717, 1.165) is 5.56 Å². The van der Waals surface area contributed by atoms with E-state index in [2.05, 4.69) is 4.98 Å². The molecule has 0 N–H and O–H groups in total. The zero-order valence-corrected chi connectivity index (χ0v) is 15.3. The van der Waals surface area contributed by atoms with Gasteiger partial charge in [-0.05, 0) is 55.0 Å². The van der Waals surface area contributed by atoms with Crippen LogP contribution in [0.1, 0.15) is 22.8 Å². The molecule has 0 unspecified atom stereocenters. The molecule has 0 atom stereocenters. The molecule has 27 heavy (non-hydrogen) atoms. The highest BCUT2D eigenvalue weighted by atomic mass is 16.5. The standard InChI is InChI=1S/C21H21N3O3/c1-3-23(14-16-10-12-22-13-11-16)21(26)17-4-9-20(25)24(15-17)18-5-7-19(27-2)8-6-18/h4-13,15H,3,14H2,1-2H3. The number of methoxy groups -OCH3 is 1. The van der Waals surface area contributed by atoms with Crippen molar-refractivity contribution in [2.45, 2.75) is 13.5 Å². The molecule has 0 aliphatic heterocycles. The van der Waals surface area contributed by atoms with Gasteiger partial charge < -0.3 is 9.64 Å². The lowest BCUT2D eigenvalue weighted by Crippen LogP contribution is -2.31. The Hall–Kier alpha value is -3.41. The fourth-order valence-corrected chi connectivity index (χ4v) is 2.78. The molecule has 138 valence electrons. The first-order valence-corrected chi connectivity index (χ1v) is 8.67. The normalized spacial score (nSPS) is 10.4. The number of ether oxygens (including phenoxy) is 1. The van der Waals surface area contributed by atoms with E-state index in [1.165, 1.54) is 10.6 Å². The van der Waals surface area contributed by atoms with Gasteiger partial charge in [0.1, 0.15) is 5.75 Å². The van der Waals surface area contributed by atoms with Crippen molar-refractivity contribution in [3.63, 3.8) is 0 Å². The third-order valence-electron chi connectivity index (χ3n) is 4.30. The summed E-state index contributed by atoms with van der Waals surface area (Å²) in [5.41, 5.74) is 1.94. The summed E-state index contributed by atoms with van der Waals surface area (Å²) in [6.07, 6.45) is 5.00. The topological polar surface area (TPSA) is 64.4 Å². The number of carbonyl (C=O) groups is 1. The molecule has 0 bridgehead atoms. The van der Waals surface area contributed by atoms with E-state index in [0.29, 0.717) is 30.1 Å². The number of rotatable bonds is 6. The van der Waals surface area contributed by atoms with Crippen LogP contribution in [0.3, 0.4) is 0 Å². The molecular weight excluding hydrogens is 342 g/mol. The van der Waals surface area contributed by atoms with Crippen molar-refractivity contribution in [1.29, 1.82) is 0 Å². The number of carbonyl (C=O) groups excluding carboxylic acids is 1. The van der Waals surface area contributed by atoms with E-state index in [-0.39, 0.29) is 11.5 Å². The van der Waals surface area contributed by atoms with E-state index in [4.69, 9.17) is 4.74 Å². The third kappa shape index (κ3) is 4.23. The summed E-state index contributed by atoms with van der Waals surface area (Å²) in [6, 6.07) is 13.9. The van der Waals surface area contributed by atoms with Crippen LogP contribution in [0.5, 0.6) is 5.75 Å². The molecular formula is C21H21N3O3. The minimum atomic E-state index is -0.200. The second-order valence-corrected chi connectivity index (χ2v) is 6.00. The number of benzene rings is 1. The van der Waals surface area contributed by atoms with Crippen molar-refractivity contribution in [2.75, 3.05) is 13.7 Å². The van der Waals surface area contributed by atoms with Gasteiger partial charge in [0.05, 0.1) is 12.7 Å². The van der Waals surface area contributed by atoms with Gasteiger partial charge in [0.15, 0.2) is 0 Å². The highest BCUT2D eigenvalue weighted by Gasteiger charge is 2.16. The number of hydrogen-bond donors (Lipinski definition) is 0. The lowest BCUT2D eigenvalue weighted by atomic mass is 10.2. The van der Waals surface area contributed by atoms with Gasteiger partial charge in [-0.25, -0.2) is 0 Å². The van der Waals surface area contributed by atoms with Crippen molar-refractivity contribution >= 4 is 5.91 Å². The summed E-state index contributed by atoms with van der Waals surface area (Å²) >= 11 is 0. The Kier molecular flexibility index (Phi) is 5.66. The lowest BCUT2D eigenvalue weighted by Gasteiger charge is -2.21. The smallest absolute Gasteiger partial charge is 0.255 e. The summed E-state index contributed by atoms with van der Waals surface area (Å²) in [4.78, 5) is 31.0. The molecule has 0 saturated heterocycles. The molecule has 0 radical (unpaired) electrons. The summed E-state index contributed by atoms with van der Waals surface area (Å²) < 4.78 is 6.61. The molecule has 6 nitrogen and oxygen atoms in total. The predicted molar refractivity (Wildman–Crippen MR) is 103 cm³/mol. The van der Waals surface area contributed by atoms with Gasteiger partial charge in [0.2, 0.25) is 0 Å². The molecule has 3 rings (SSSR count). The van der Waals surface area contributed by atoms with Gasteiger partial charge in [-0.15, -0.1) is 0 Å². The Morgan fingerprint density at radius 3 is 2.41 bits per heavy atom. The summed E-state index contributed by atoms with van der Waals surface area (Å²) in [5, 5.41) is 0. The summed E-state index contributed by atoms with van der Waals surface area (Å²) in [5.74, 6) is 0.574. The van der Waals surface area contributed by atoms with Crippen molar-refractivity contribution in [3.05, 3.63) is 88.6 Å². The molecule has 0 spiro atoms. The fraction of sp³-hybridized carbons (Fsp3) is 0.190. The molecule has 2 heterocycles. The van der Waals surface area contributed by atoms with Crippen LogP contribution in [0.15, 0.2) is 71.9 Å². The molecule has 0 fully saturated rings. The number of hydrogen-bond acceptors (Lipinski definition) is 4. The van der Waals surface area contributed by atoms with Gasteiger partial charge in [-0.3, -0.25) is 19.1 Å². The van der Waals surface area contributed by atoms with Gasteiger partial charge in [0, 0.05) is 43.4 Å². The number of pyridine rings is 2. The van der Waals surface area contributed by atoms with Crippen molar-refractivity contribution in [1.82, 2.24) is 14.5 Å². The van der Waals surface area contributed by atoms with E-state index in [9.17, 15) is 9.59 Å². The molecule has 0 aliphatic carbocycles. The van der Waals surface area contributed by atoms with E-state index in [1.807, 2.05) is 19.1 Å². The quantitative estimate of drug-likeness (QED) is 0.675. The van der Waals surface area contributed by atoms with E-state index >= 15 is 0 Å². The van der Waals surface area contributed by atoms with Crippen LogP contribution in [0.25, 0.3) is 5.69 Å². The van der Waals surface area contributed by atoms with Gasteiger partial charge in [-0.1, -0.05) is 0 Å². The van der Waals surface area contributed by atoms with Gasteiger partial charge >= 0.3 is 0 Å². The Bertz CT molecular complexity index is 966. The molecule has 6 heteroatoms. The van der Waals surface area contributed by atoms with Crippen LogP contribution >= 0.6 is 0 Å². The second kappa shape index (κ2) is 8.31. The zero-order valence-electron chi connectivity index (χ0n) is 15.3. The van der Waals surface area contributed by atoms with Crippen LogP contribution in [0.2, 0.25) is 0 Å². The molecule has 1 aromatic carbocycles. The average molecular weight is 363 g/mol. The highest BCUT2D eigenvalue weighted by Crippen LogP contribution is 2.15. The van der Waals surface area contributed by atoms with Crippen molar-refractivity contribution in [3.8, 4) is 11.4 Å². The zero-order chi connectivity index (χ0) is 19.2. The van der Waals surface area contributed by atoms with Crippen molar-refractivity contribution in [2.24, 2.45) is 0 Å². The molecule has 0 aliphatic rings. The third-order valence-corrected chi connectivity index (χ3v) is 4.30. The first kappa shape index (κ1) is 18.4. The number of nitrogens with zero attached hydrogens (tertiary/aromatic N) is 3. The van der Waals surface area contributed by atoms with Crippen LogP contribution in [0.4, 0.5) is 0 Å². The minimum Gasteiger partial charge on any atom is -0.497 e. The molecule has 1 amide bonds. The molecule has 0 saturated carbocycles. The van der Waals surface area contributed by atoms with Crippen molar-refractivity contribution < 1.29 is 9.53 Å². The number of aromatic nitrogens is 2. The Morgan fingerprint density at radius 2 is 1.78 bits per heavy atom. The maximum atomic E-state index is 13.0. The highest BCUT2D eigenvalue weighted by molar-refractivity contribution is 5.94. The first-order valence-electron chi connectivity index (χ1n) is 8.67. The SMILES string of the molecule is CCN(Cc1ccncc1)C(=O)c1ccc(=O)n(-c2ccc(OC)cc2)c1. The first-order chi connectivity index (χ1) is 13.1. The number of amides is 1. The maximum Gasteiger partial charge on any atom is 0.255 e. The fourth-order valence-electron chi connectivity index (χ4n) is 2.78. The van der Waals surface area contributed by atoms with E-state index in [1.54, 1.807) is 60.9 Å². The Labute approximate surface area is 157 Å². The van der Waals surface area contributed by atoms with Crippen LogP contribution < -0.4 is 10.3 Å². The largest absolute Gasteiger partial charge is 0.497 e. The monoisotopic (exact) mass is 363 g/mol. The lowest BCUT2D eigenvalue weighted by molar-refractivity contribution is 0.0752. The Morgan fingerprint density at radius 1 is 1.07 bits per heavy atom. The van der Waals surface area contributed by atoms with Crippen LogP contribution in [-0.4, -0.2) is 34.0 Å². The maximum absolute atomic E-state index is 13.0. The Balaban J connectivity index is 1.89. The minimum absolute atomic E-state index is 0.128. The van der Waals surface area contributed by atoms with Crippen LogP contribution in [0, 0.1) is 0 Å². The second-order valence-electron chi connectivity index (χ2n) is 6.00. The molecule has 2 aromatic heterocycles. The van der Waals surface area contributed by atoms with Gasteiger partial charge in [-0.2, -0.15) is 0 Å². The van der Waals surface area contributed by atoms with Gasteiger partial charge in [0.25, 0.3) is 11.5 Å². The summed E-state index contributed by atoms with van der Waals surface area (Å²) in [6.45, 7) is 2.97. The van der Waals surface area contributed by atoms with Crippen LogP contribution in [-0.2, 0) is 6.54 Å². The molecule has 3 aromatic rings. The predicted octanol–water partition coefficient (Wildman–Crippen LogP) is 2.90. The average Bonchev–Trinajstić information content (AvgIpc) is 2.73. The summed E-state index contributed by atoms with van der Waals surface area (Å²) in [7, 11) is 1.59.